The summed E-state index contributed by atoms with van der Waals surface area (Å²) in [6.07, 6.45) is 0. The molecule has 3 nitrogen and oxygen atoms in total. The standard InChI is InChI=1S/C16H16N2O/c1-12(13-7-4-3-5-8-13)18-16-14(11-17)9-6-10-15(16)19-2/h3-10,12,18H,1-2H3. The zero-order chi connectivity index (χ0) is 13.7. The average molecular weight is 252 g/mol. The summed E-state index contributed by atoms with van der Waals surface area (Å²) in [5.41, 5.74) is 2.49. The number of rotatable bonds is 4. The van der Waals surface area contributed by atoms with Gasteiger partial charge in [0, 0.05) is 6.04 Å². The van der Waals surface area contributed by atoms with Crippen molar-refractivity contribution < 1.29 is 4.74 Å². The fourth-order valence-electron chi connectivity index (χ4n) is 1.98. The Morgan fingerprint density at radius 3 is 2.47 bits per heavy atom. The highest BCUT2D eigenvalue weighted by Gasteiger charge is 2.12. The first-order chi connectivity index (χ1) is 9.26. The van der Waals surface area contributed by atoms with Crippen LogP contribution in [0.4, 0.5) is 5.69 Å². The van der Waals surface area contributed by atoms with E-state index in [1.54, 1.807) is 13.2 Å². The Hall–Kier alpha value is -2.47. The average Bonchev–Trinajstić information content (AvgIpc) is 2.48. The predicted octanol–water partition coefficient (Wildman–Crippen LogP) is 3.74. The van der Waals surface area contributed by atoms with Crippen LogP contribution in [-0.2, 0) is 0 Å². The number of hydrogen-bond donors (Lipinski definition) is 1. The summed E-state index contributed by atoms with van der Waals surface area (Å²) in [4.78, 5) is 0. The van der Waals surface area contributed by atoms with Crippen molar-refractivity contribution in [3.8, 4) is 11.8 Å². The van der Waals surface area contributed by atoms with Gasteiger partial charge in [-0.15, -0.1) is 0 Å². The first-order valence-corrected chi connectivity index (χ1v) is 6.15. The summed E-state index contributed by atoms with van der Waals surface area (Å²) >= 11 is 0. The van der Waals surface area contributed by atoms with E-state index in [-0.39, 0.29) is 6.04 Å². The molecule has 96 valence electrons. The van der Waals surface area contributed by atoms with Gasteiger partial charge in [-0.2, -0.15) is 5.26 Å². The van der Waals surface area contributed by atoms with Gasteiger partial charge >= 0.3 is 0 Å². The normalized spacial score (nSPS) is 11.4. The number of methoxy groups -OCH3 is 1. The summed E-state index contributed by atoms with van der Waals surface area (Å²) in [6, 6.07) is 17.8. The van der Waals surface area contributed by atoms with Gasteiger partial charge < -0.3 is 10.1 Å². The molecule has 0 aromatic heterocycles. The Balaban J connectivity index is 2.31. The van der Waals surface area contributed by atoms with Crippen LogP contribution in [0.2, 0.25) is 0 Å². The fraction of sp³-hybridized carbons (Fsp3) is 0.188. The first kappa shape index (κ1) is 13.0. The lowest BCUT2D eigenvalue weighted by atomic mass is 10.1. The van der Waals surface area contributed by atoms with Crippen LogP contribution in [0.1, 0.15) is 24.1 Å². The molecular formula is C16H16N2O. The van der Waals surface area contributed by atoms with Crippen LogP contribution in [-0.4, -0.2) is 7.11 Å². The van der Waals surface area contributed by atoms with E-state index in [0.717, 1.165) is 11.3 Å². The summed E-state index contributed by atoms with van der Waals surface area (Å²) in [5, 5.41) is 12.5. The molecule has 1 N–H and O–H groups in total. The molecule has 0 bridgehead atoms. The van der Waals surface area contributed by atoms with E-state index < -0.39 is 0 Å². The van der Waals surface area contributed by atoms with Crippen molar-refractivity contribution in [2.45, 2.75) is 13.0 Å². The van der Waals surface area contributed by atoms with Crippen molar-refractivity contribution >= 4 is 5.69 Å². The molecule has 0 radical (unpaired) electrons. The summed E-state index contributed by atoms with van der Waals surface area (Å²) in [6.45, 7) is 2.06. The number of anilines is 1. The second kappa shape index (κ2) is 5.92. The molecule has 0 spiro atoms. The van der Waals surface area contributed by atoms with Crippen molar-refractivity contribution in [1.82, 2.24) is 0 Å². The second-order valence-corrected chi connectivity index (χ2v) is 4.27. The molecule has 0 aliphatic rings. The SMILES string of the molecule is COc1cccc(C#N)c1NC(C)c1ccccc1. The minimum absolute atomic E-state index is 0.101. The Morgan fingerprint density at radius 1 is 1.11 bits per heavy atom. The number of nitriles is 1. The number of ether oxygens (including phenoxy) is 1. The topological polar surface area (TPSA) is 45.0 Å². The highest BCUT2D eigenvalue weighted by atomic mass is 16.5. The third-order valence-corrected chi connectivity index (χ3v) is 3.03. The quantitative estimate of drug-likeness (QED) is 0.901. The van der Waals surface area contributed by atoms with E-state index >= 15 is 0 Å². The minimum atomic E-state index is 0.101. The molecule has 2 rings (SSSR count). The molecule has 0 amide bonds. The Bertz CT molecular complexity index is 587. The largest absolute Gasteiger partial charge is 0.495 e. The van der Waals surface area contributed by atoms with Crippen LogP contribution in [0, 0.1) is 11.3 Å². The highest BCUT2D eigenvalue weighted by molar-refractivity contribution is 5.67. The van der Waals surface area contributed by atoms with Crippen LogP contribution in [0.15, 0.2) is 48.5 Å². The number of para-hydroxylation sites is 1. The van der Waals surface area contributed by atoms with Crippen LogP contribution >= 0.6 is 0 Å². The molecule has 0 aliphatic heterocycles. The summed E-state index contributed by atoms with van der Waals surface area (Å²) < 4.78 is 5.31. The molecule has 19 heavy (non-hydrogen) atoms. The van der Waals surface area contributed by atoms with Crippen molar-refractivity contribution in [3.05, 3.63) is 59.7 Å². The van der Waals surface area contributed by atoms with Gasteiger partial charge in [0.15, 0.2) is 0 Å². The Labute approximate surface area is 113 Å². The van der Waals surface area contributed by atoms with E-state index in [4.69, 9.17) is 4.74 Å². The van der Waals surface area contributed by atoms with E-state index in [1.807, 2.05) is 30.3 Å². The minimum Gasteiger partial charge on any atom is -0.495 e. The lowest BCUT2D eigenvalue weighted by Gasteiger charge is -2.18. The molecule has 0 fully saturated rings. The molecule has 0 heterocycles. The van der Waals surface area contributed by atoms with E-state index in [9.17, 15) is 5.26 Å². The van der Waals surface area contributed by atoms with Crippen molar-refractivity contribution in [1.29, 1.82) is 5.26 Å². The lowest BCUT2D eigenvalue weighted by Crippen LogP contribution is -2.08. The summed E-state index contributed by atoms with van der Waals surface area (Å²) in [5.74, 6) is 0.682. The lowest BCUT2D eigenvalue weighted by molar-refractivity contribution is 0.416. The maximum absolute atomic E-state index is 9.18. The third kappa shape index (κ3) is 2.86. The fourth-order valence-corrected chi connectivity index (χ4v) is 1.98. The van der Waals surface area contributed by atoms with E-state index in [2.05, 4.69) is 30.4 Å². The molecule has 3 heteroatoms. The third-order valence-electron chi connectivity index (χ3n) is 3.03. The van der Waals surface area contributed by atoms with Crippen molar-refractivity contribution in [3.63, 3.8) is 0 Å². The van der Waals surface area contributed by atoms with E-state index in [1.165, 1.54) is 0 Å². The Morgan fingerprint density at radius 2 is 1.84 bits per heavy atom. The molecule has 0 aliphatic carbocycles. The molecule has 1 atom stereocenters. The maximum Gasteiger partial charge on any atom is 0.143 e. The van der Waals surface area contributed by atoms with Crippen LogP contribution in [0.5, 0.6) is 5.75 Å². The van der Waals surface area contributed by atoms with Gasteiger partial charge in [-0.3, -0.25) is 0 Å². The smallest absolute Gasteiger partial charge is 0.143 e. The van der Waals surface area contributed by atoms with Crippen LogP contribution in [0.25, 0.3) is 0 Å². The molecule has 0 saturated carbocycles. The predicted molar refractivity (Wildman–Crippen MR) is 76.2 cm³/mol. The number of nitrogens with one attached hydrogen (secondary N) is 1. The van der Waals surface area contributed by atoms with E-state index in [0.29, 0.717) is 11.3 Å². The number of hydrogen-bond acceptors (Lipinski definition) is 3. The zero-order valence-corrected chi connectivity index (χ0v) is 11.1. The molecule has 1 unspecified atom stereocenters. The molecule has 2 aromatic rings. The second-order valence-electron chi connectivity index (χ2n) is 4.27. The van der Waals surface area contributed by atoms with Gasteiger partial charge in [0.1, 0.15) is 11.8 Å². The van der Waals surface area contributed by atoms with Gasteiger partial charge in [-0.1, -0.05) is 36.4 Å². The first-order valence-electron chi connectivity index (χ1n) is 6.15. The van der Waals surface area contributed by atoms with Gasteiger partial charge in [-0.05, 0) is 24.6 Å². The number of nitrogens with zero attached hydrogens (tertiary/aromatic N) is 1. The van der Waals surface area contributed by atoms with Crippen molar-refractivity contribution in [2.75, 3.05) is 12.4 Å². The van der Waals surface area contributed by atoms with Crippen LogP contribution in [0.3, 0.4) is 0 Å². The Kier molecular flexibility index (Phi) is 4.04. The number of benzene rings is 2. The molecule has 2 aromatic carbocycles. The van der Waals surface area contributed by atoms with Gasteiger partial charge in [-0.25, -0.2) is 0 Å². The molecule has 0 saturated heterocycles. The van der Waals surface area contributed by atoms with Crippen LogP contribution < -0.4 is 10.1 Å². The van der Waals surface area contributed by atoms with Gasteiger partial charge in [0.25, 0.3) is 0 Å². The van der Waals surface area contributed by atoms with Gasteiger partial charge in [0.2, 0.25) is 0 Å². The van der Waals surface area contributed by atoms with Gasteiger partial charge in [0.05, 0.1) is 18.4 Å². The maximum atomic E-state index is 9.18. The summed E-state index contributed by atoms with van der Waals surface area (Å²) in [7, 11) is 1.61. The van der Waals surface area contributed by atoms with Crippen molar-refractivity contribution in [2.24, 2.45) is 0 Å². The highest BCUT2D eigenvalue weighted by Crippen LogP contribution is 2.31. The monoisotopic (exact) mass is 252 g/mol. The zero-order valence-electron chi connectivity index (χ0n) is 11.1. The molecular weight excluding hydrogens is 236 g/mol.